The summed E-state index contributed by atoms with van der Waals surface area (Å²) in [6.07, 6.45) is 1.87. The van der Waals surface area contributed by atoms with Crippen LogP contribution in [0.1, 0.15) is 30.0 Å². The second kappa shape index (κ2) is 4.56. The van der Waals surface area contributed by atoms with Gasteiger partial charge in [0.05, 0.1) is 13.2 Å². The summed E-state index contributed by atoms with van der Waals surface area (Å²) >= 11 is 0. The van der Waals surface area contributed by atoms with E-state index in [4.69, 9.17) is 4.74 Å². The fourth-order valence-corrected chi connectivity index (χ4v) is 2.46. The molecule has 0 aromatic heterocycles. The summed E-state index contributed by atoms with van der Waals surface area (Å²) in [5.41, 5.74) is 4.12. The molecule has 88 valence electrons. The van der Waals surface area contributed by atoms with Gasteiger partial charge in [0, 0.05) is 12.0 Å². The van der Waals surface area contributed by atoms with Gasteiger partial charge in [0.15, 0.2) is 0 Å². The molecule has 0 saturated carbocycles. The maximum atomic E-state index is 9.19. The van der Waals surface area contributed by atoms with Crippen molar-refractivity contribution in [2.24, 2.45) is 0 Å². The van der Waals surface area contributed by atoms with Crippen LogP contribution in [0.2, 0.25) is 0 Å². The van der Waals surface area contributed by atoms with Crippen LogP contribution in [0.4, 0.5) is 0 Å². The predicted molar refractivity (Wildman–Crippen MR) is 64.8 cm³/mol. The van der Waals surface area contributed by atoms with Crippen molar-refractivity contribution in [3.05, 3.63) is 34.9 Å². The Balaban J connectivity index is 2.36. The maximum Gasteiger partial charge on any atom is 0.0586 e. The predicted octanol–water partition coefficient (Wildman–Crippen LogP) is 2.21. The van der Waals surface area contributed by atoms with Crippen molar-refractivity contribution in [3.8, 4) is 0 Å². The molecular formula is C14H20O2. The lowest BCUT2D eigenvalue weighted by atomic mass is 9.74. The van der Waals surface area contributed by atoms with Crippen LogP contribution in [-0.4, -0.2) is 24.9 Å². The molecular weight excluding hydrogens is 200 g/mol. The van der Waals surface area contributed by atoms with Crippen molar-refractivity contribution in [2.45, 2.75) is 32.1 Å². The highest BCUT2D eigenvalue weighted by Crippen LogP contribution is 2.37. The van der Waals surface area contributed by atoms with Crippen molar-refractivity contribution < 1.29 is 9.84 Å². The molecule has 2 rings (SSSR count). The van der Waals surface area contributed by atoms with Gasteiger partial charge in [-0.2, -0.15) is 0 Å². The van der Waals surface area contributed by atoms with Crippen LogP contribution < -0.4 is 0 Å². The van der Waals surface area contributed by atoms with Gasteiger partial charge in [0.1, 0.15) is 0 Å². The highest BCUT2D eigenvalue weighted by molar-refractivity contribution is 5.38. The molecule has 2 heteroatoms. The van der Waals surface area contributed by atoms with Gasteiger partial charge in [-0.1, -0.05) is 25.1 Å². The fraction of sp³-hybridized carbons (Fsp3) is 0.571. The number of hydrogen-bond donors (Lipinski definition) is 1. The normalized spacial score (nSPS) is 18.2. The molecule has 0 unspecified atom stereocenters. The highest BCUT2D eigenvalue weighted by Gasteiger charge is 2.40. The maximum absolute atomic E-state index is 9.19. The molecule has 0 amide bonds. The second-order valence-corrected chi connectivity index (χ2v) is 4.75. The van der Waals surface area contributed by atoms with Gasteiger partial charge in [-0.05, 0) is 36.5 Å². The quantitative estimate of drug-likeness (QED) is 0.843. The standard InChI is InChI=1S/C14H20O2/c1-3-12-5-4-11(2)13(8-12)14(6-7-15)9-16-10-14/h4-5,8,15H,3,6-7,9-10H2,1-2H3. The van der Waals surface area contributed by atoms with Crippen LogP contribution >= 0.6 is 0 Å². The molecule has 0 aliphatic carbocycles. The molecule has 1 aliphatic heterocycles. The number of aliphatic hydroxyl groups is 1. The van der Waals surface area contributed by atoms with Crippen LogP contribution in [0.15, 0.2) is 18.2 Å². The van der Waals surface area contributed by atoms with Gasteiger partial charge in [-0.3, -0.25) is 0 Å². The van der Waals surface area contributed by atoms with Gasteiger partial charge in [-0.15, -0.1) is 0 Å². The van der Waals surface area contributed by atoms with E-state index in [1.165, 1.54) is 16.7 Å². The Morgan fingerprint density at radius 1 is 1.38 bits per heavy atom. The van der Waals surface area contributed by atoms with Gasteiger partial charge in [0.25, 0.3) is 0 Å². The van der Waals surface area contributed by atoms with E-state index in [1.807, 2.05) is 0 Å². The minimum atomic E-state index is 0.0734. The molecule has 1 aromatic rings. The lowest BCUT2D eigenvalue weighted by Crippen LogP contribution is -2.47. The molecule has 0 spiro atoms. The Morgan fingerprint density at radius 2 is 2.12 bits per heavy atom. The Labute approximate surface area is 97.3 Å². The average molecular weight is 220 g/mol. The number of aliphatic hydroxyl groups excluding tert-OH is 1. The molecule has 1 N–H and O–H groups in total. The molecule has 1 fully saturated rings. The van der Waals surface area contributed by atoms with Crippen molar-refractivity contribution >= 4 is 0 Å². The number of benzene rings is 1. The lowest BCUT2D eigenvalue weighted by Gasteiger charge is -2.42. The van der Waals surface area contributed by atoms with Crippen molar-refractivity contribution in [1.29, 1.82) is 0 Å². The van der Waals surface area contributed by atoms with Crippen molar-refractivity contribution in [3.63, 3.8) is 0 Å². The topological polar surface area (TPSA) is 29.5 Å². The zero-order chi connectivity index (χ0) is 11.6. The molecule has 1 aliphatic rings. The van der Waals surface area contributed by atoms with E-state index >= 15 is 0 Å². The first-order chi connectivity index (χ1) is 7.72. The van der Waals surface area contributed by atoms with E-state index in [2.05, 4.69) is 32.0 Å². The average Bonchev–Trinajstić information content (AvgIpc) is 2.25. The van der Waals surface area contributed by atoms with Crippen LogP contribution in [0.5, 0.6) is 0 Å². The van der Waals surface area contributed by atoms with E-state index in [-0.39, 0.29) is 12.0 Å². The molecule has 1 saturated heterocycles. The van der Waals surface area contributed by atoms with Gasteiger partial charge < -0.3 is 9.84 Å². The van der Waals surface area contributed by atoms with Crippen LogP contribution in [-0.2, 0) is 16.6 Å². The summed E-state index contributed by atoms with van der Waals surface area (Å²) in [5.74, 6) is 0. The van der Waals surface area contributed by atoms with Gasteiger partial charge in [0.2, 0.25) is 0 Å². The van der Waals surface area contributed by atoms with E-state index in [9.17, 15) is 5.11 Å². The molecule has 2 nitrogen and oxygen atoms in total. The van der Waals surface area contributed by atoms with E-state index < -0.39 is 0 Å². The third-order valence-electron chi connectivity index (χ3n) is 3.63. The van der Waals surface area contributed by atoms with E-state index in [0.29, 0.717) is 0 Å². The monoisotopic (exact) mass is 220 g/mol. The van der Waals surface area contributed by atoms with Crippen LogP contribution in [0.3, 0.4) is 0 Å². The third-order valence-corrected chi connectivity index (χ3v) is 3.63. The SMILES string of the molecule is CCc1ccc(C)c(C2(CCO)COC2)c1. The summed E-state index contributed by atoms with van der Waals surface area (Å²) in [6, 6.07) is 6.66. The van der Waals surface area contributed by atoms with Crippen molar-refractivity contribution in [2.75, 3.05) is 19.8 Å². The zero-order valence-electron chi connectivity index (χ0n) is 10.1. The Kier molecular flexibility index (Phi) is 3.31. The van der Waals surface area contributed by atoms with Gasteiger partial charge >= 0.3 is 0 Å². The summed E-state index contributed by atoms with van der Waals surface area (Å²) in [7, 11) is 0. The zero-order valence-corrected chi connectivity index (χ0v) is 10.1. The summed E-state index contributed by atoms with van der Waals surface area (Å²) < 4.78 is 5.36. The fourth-order valence-electron chi connectivity index (χ4n) is 2.46. The second-order valence-electron chi connectivity index (χ2n) is 4.75. The first-order valence-electron chi connectivity index (χ1n) is 6.00. The summed E-state index contributed by atoms with van der Waals surface area (Å²) in [4.78, 5) is 0. The Bertz CT molecular complexity index is 367. The van der Waals surface area contributed by atoms with E-state index in [0.717, 1.165) is 26.1 Å². The molecule has 0 bridgehead atoms. The van der Waals surface area contributed by atoms with Crippen LogP contribution in [0.25, 0.3) is 0 Å². The number of rotatable bonds is 4. The third kappa shape index (κ3) is 1.87. The Hall–Kier alpha value is -0.860. The summed E-state index contributed by atoms with van der Waals surface area (Å²) in [6.45, 7) is 6.05. The Morgan fingerprint density at radius 3 is 2.62 bits per heavy atom. The number of ether oxygens (including phenoxy) is 1. The largest absolute Gasteiger partial charge is 0.396 e. The lowest BCUT2D eigenvalue weighted by molar-refractivity contribution is -0.0704. The number of hydrogen-bond acceptors (Lipinski definition) is 2. The highest BCUT2D eigenvalue weighted by atomic mass is 16.5. The minimum absolute atomic E-state index is 0.0734. The number of aryl methyl sites for hydroxylation is 2. The molecule has 0 radical (unpaired) electrons. The molecule has 16 heavy (non-hydrogen) atoms. The van der Waals surface area contributed by atoms with Gasteiger partial charge in [-0.25, -0.2) is 0 Å². The molecule has 1 heterocycles. The molecule has 1 aromatic carbocycles. The minimum Gasteiger partial charge on any atom is -0.396 e. The van der Waals surface area contributed by atoms with Crippen molar-refractivity contribution in [1.82, 2.24) is 0 Å². The smallest absolute Gasteiger partial charge is 0.0586 e. The molecule has 0 atom stereocenters. The first-order valence-corrected chi connectivity index (χ1v) is 6.00. The first kappa shape index (κ1) is 11.6. The van der Waals surface area contributed by atoms with Crippen LogP contribution in [0, 0.1) is 6.92 Å². The summed E-state index contributed by atoms with van der Waals surface area (Å²) in [5, 5.41) is 9.19. The van der Waals surface area contributed by atoms with E-state index in [1.54, 1.807) is 0 Å².